The molecule has 1 atom stereocenters. The van der Waals surface area contributed by atoms with Crippen molar-refractivity contribution in [2.45, 2.75) is 31.9 Å². The maximum absolute atomic E-state index is 12.8. The Morgan fingerprint density at radius 2 is 1.89 bits per heavy atom. The molecule has 0 saturated heterocycles. The van der Waals surface area contributed by atoms with Gasteiger partial charge in [0.25, 0.3) is 0 Å². The number of nitrogens with two attached hydrogens (primary N) is 1. The van der Waals surface area contributed by atoms with Crippen molar-refractivity contribution < 1.29 is 13.2 Å². The first-order valence-corrected chi connectivity index (χ1v) is 6.09. The van der Waals surface area contributed by atoms with E-state index in [1.165, 1.54) is 6.07 Å². The normalized spacial score (nSPS) is 26.2. The topological polar surface area (TPSA) is 26.0 Å². The van der Waals surface area contributed by atoms with E-state index in [4.69, 9.17) is 17.3 Å². The monoisotopic (exact) mass is 277 g/mol. The Morgan fingerprint density at radius 1 is 1.33 bits per heavy atom. The third-order valence-electron chi connectivity index (χ3n) is 4.09. The van der Waals surface area contributed by atoms with Crippen molar-refractivity contribution in [1.82, 2.24) is 0 Å². The summed E-state index contributed by atoms with van der Waals surface area (Å²) in [5, 5.41) is -0.267. The first-order chi connectivity index (χ1) is 8.14. The molecule has 1 aliphatic rings. The van der Waals surface area contributed by atoms with Crippen LogP contribution in [0.15, 0.2) is 18.2 Å². The average Bonchev–Trinajstić information content (AvgIpc) is 2.81. The summed E-state index contributed by atoms with van der Waals surface area (Å²) in [6.45, 7) is 4.38. The van der Waals surface area contributed by atoms with Gasteiger partial charge in [-0.05, 0) is 29.5 Å². The fraction of sp³-hybridized carbons (Fsp3) is 0.538. The van der Waals surface area contributed by atoms with E-state index in [9.17, 15) is 13.2 Å². The second-order valence-corrected chi connectivity index (χ2v) is 5.95. The Labute approximate surface area is 109 Å². The molecule has 5 heteroatoms. The first kappa shape index (κ1) is 13.7. The molecule has 2 rings (SSSR count). The lowest BCUT2D eigenvalue weighted by atomic mass is 9.87. The summed E-state index contributed by atoms with van der Waals surface area (Å²) >= 11 is 5.61. The molecule has 0 bridgehead atoms. The van der Waals surface area contributed by atoms with E-state index in [2.05, 4.69) is 0 Å². The Bertz CT molecular complexity index is 482. The second-order valence-electron chi connectivity index (χ2n) is 5.54. The van der Waals surface area contributed by atoms with Gasteiger partial charge in [0.2, 0.25) is 0 Å². The highest BCUT2D eigenvalue weighted by atomic mass is 35.5. The first-order valence-electron chi connectivity index (χ1n) is 5.71. The van der Waals surface area contributed by atoms with Crippen LogP contribution in [0.2, 0.25) is 5.02 Å². The van der Waals surface area contributed by atoms with Crippen molar-refractivity contribution in [3.63, 3.8) is 0 Å². The van der Waals surface area contributed by atoms with Gasteiger partial charge >= 0.3 is 6.18 Å². The van der Waals surface area contributed by atoms with E-state index < -0.39 is 11.7 Å². The van der Waals surface area contributed by atoms with Crippen molar-refractivity contribution in [3.8, 4) is 0 Å². The van der Waals surface area contributed by atoms with Crippen molar-refractivity contribution in [1.29, 1.82) is 0 Å². The second kappa shape index (κ2) is 3.87. The van der Waals surface area contributed by atoms with Gasteiger partial charge in [0.15, 0.2) is 0 Å². The van der Waals surface area contributed by atoms with Crippen LogP contribution >= 0.6 is 11.6 Å². The smallest absolute Gasteiger partial charge is 0.330 e. The molecule has 0 heterocycles. The highest BCUT2D eigenvalue weighted by molar-refractivity contribution is 6.31. The van der Waals surface area contributed by atoms with Crippen LogP contribution in [0.1, 0.15) is 31.4 Å². The number of rotatable bonds is 2. The predicted octanol–water partition coefficient (Wildman–Crippen LogP) is 3.99. The van der Waals surface area contributed by atoms with Gasteiger partial charge in [-0.3, -0.25) is 0 Å². The summed E-state index contributed by atoms with van der Waals surface area (Å²) in [5.41, 5.74) is 5.20. The molecule has 1 fully saturated rings. The standard InChI is InChI=1S/C13H15ClF3N/c1-11(2)6-12(11,7-18)8-3-4-10(14)9(5-8)13(15,16)17/h3-5H,6-7,18H2,1-2H3. The maximum Gasteiger partial charge on any atom is 0.417 e. The highest BCUT2D eigenvalue weighted by Gasteiger charge is 2.61. The lowest BCUT2D eigenvalue weighted by molar-refractivity contribution is -0.137. The van der Waals surface area contributed by atoms with Crippen molar-refractivity contribution in [2.24, 2.45) is 11.1 Å². The molecule has 1 aliphatic carbocycles. The molecule has 18 heavy (non-hydrogen) atoms. The van der Waals surface area contributed by atoms with Gasteiger partial charge < -0.3 is 5.73 Å². The lowest BCUT2D eigenvalue weighted by Gasteiger charge is -2.21. The molecule has 100 valence electrons. The minimum atomic E-state index is -4.43. The van der Waals surface area contributed by atoms with Crippen LogP contribution in [-0.4, -0.2) is 6.54 Å². The molecule has 0 radical (unpaired) electrons. The molecular weight excluding hydrogens is 263 g/mol. The van der Waals surface area contributed by atoms with E-state index in [0.29, 0.717) is 12.1 Å². The summed E-state index contributed by atoms with van der Waals surface area (Å²) in [6.07, 6.45) is -3.63. The van der Waals surface area contributed by atoms with Gasteiger partial charge in [0, 0.05) is 12.0 Å². The zero-order valence-electron chi connectivity index (χ0n) is 10.2. The lowest BCUT2D eigenvalue weighted by Crippen LogP contribution is -2.25. The van der Waals surface area contributed by atoms with Gasteiger partial charge in [-0.25, -0.2) is 0 Å². The molecule has 0 spiro atoms. The minimum Gasteiger partial charge on any atom is -0.330 e. The molecule has 0 aromatic heterocycles. The quantitative estimate of drug-likeness (QED) is 0.869. The molecule has 0 aliphatic heterocycles. The van der Waals surface area contributed by atoms with Crippen LogP contribution < -0.4 is 5.73 Å². The fourth-order valence-corrected chi connectivity index (χ4v) is 2.93. The average molecular weight is 278 g/mol. The fourth-order valence-electron chi connectivity index (χ4n) is 2.71. The van der Waals surface area contributed by atoms with Gasteiger partial charge in [-0.15, -0.1) is 0 Å². The van der Waals surface area contributed by atoms with Gasteiger partial charge in [-0.2, -0.15) is 13.2 Å². The minimum absolute atomic E-state index is 0.0571. The van der Waals surface area contributed by atoms with Crippen LogP contribution in [-0.2, 0) is 11.6 Å². The number of hydrogen-bond donors (Lipinski definition) is 1. The van der Waals surface area contributed by atoms with Crippen LogP contribution in [0.5, 0.6) is 0 Å². The molecule has 1 unspecified atom stereocenters. The predicted molar refractivity (Wildman–Crippen MR) is 65.6 cm³/mol. The molecule has 1 saturated carbocycles. The Balaban J connectivity index is 2.49. The van der Waals surface area contributed by atoms with Crippen LogP contribution in [0.3, 0.4) is 0 Å². The Kier molecular flexibility index (Phi) is 2.95. The Hall–Kier alpha value is -0.740. The van der Waals surface area contributed by atoms with E-state index in [-0.39, 0.29) is 15.9 Å². The van der Waals surface area contributed by atoms with E-state index >= 15 is 0 Å². The number of alkyl halides is 3. The van der Waals surface area contributed by atoms with Crippen LogP contribution in [0.4, 0.5) is 13.2 Å². The number of halogens is 4. The zero-order chi connectivity index (χ0) is 13.8. The van der Waals surface area contributed by atoms with Crippen molar-refractivity contribution >= 4 is 11.6 Å². The van der Waals surface area contributed by atoms with Gasteiger partial charge in [-0.1, -0.05) is 31.5 Å². The molecule has 1 aromatic rings. The van der Waals surface area contributed by atoms with Gasteiger partial charge in [0.05, 0.1) is 10.6 Å². The molecule has 1 nitrogen and oxygen atoms in total. The largest absolute Gasteiger partial charge is 0.417 e. The Morgan fingerprint density at radius 3 is 2.28 bits per heavy atom. The third kappa shape index (κ3) is 1.91. The molecular formula is C13H15ClF3N. The van der Waals surface area contributed by atoms with E-state index in [1.807, 2.05) is 13.8 Å². The summed E-state index contributed by atoms with van der Waals surface area (Å²) < 4.78 is 38.5. The maximum atomic E-state index is 12.8. The van der Waals surface area contributed by atoms with Crippen LogP contribution in [0.25, 0.3) is 0 Å². The SMILES string of the molecule is CC1(C)CC1(CN)c1ccc(Cl)c(C(F)(F)F)c1. The number of benzene rings is 1. The van der Waals surface area contributed by atoms with Crippen molar-refractivity contribution in [3.05, 3.63) is 34.3 Å². The number of hydrogen-bond acceptors (Lipinski definition) is 1. The van der Waals surface area contributed by atoms with Gasteiger partial charge in [0.1, 0.15) is 0 Å². The van der Waals surface area contributed by atoms with E-state index in [1.54, 1.807) is 6.07 Å². The summed E-state index contributed by atoms with van der Waals surface area (Å²) in [7, 11) is 0. The van der Waals surface area contributed by atoms with Crippen molar-refractivity contribution in [2.75, 3.05) is 6.54 Å². The molecule has 1 aromatic carbocycles. The summed E-state index contributed by atoms with van der Waals surface area (Å²) in [4.78, 5) is 0. The third-order valence-corrected chi connectivity index (χ3v) is 4.42. The molecule has 0 amide bonds. The zero-order valence-corrected chi connectivity index (χ0v) is 11.0. The van der Waals surface area contributed by atoms with E-state index in [0.717, 1.165) is 12.5 Å². The summed E-state index contributed by atoms with van der Waals surface area (Å²) in [5.74, 6) is 0. The molecule has 2 N–H and O–H groups in total. The van der Waals surface area contributed by atoms with Crippen LogP contribution in [0, 0.1) is 5.41 Å². The highest BCUT2D eigenvalue weighted by Crippen LogP contribution is 2.64. The summed E-state index contributed by atoms with van der Waals surface area (Å²) in [6, 6.07) is 4.11.